The molecular weight excluding hydrogens is 274 g/mol. The predicted octanol–water partition coefficient (Wildman–Crippen LogP) is 2.56. The summed E-state index contributed by atoms with van der Waals surface area (Å²) in [5, 5.41) is 0. The van der Waals surface area contributed by atoms with Gasteiger partial charge >= 0.3 is 0 Å². The van der Waals surface area contributed by atoms with Gasteiger partial charge in [-0.3, -0.25) is 9.78 Å². The average Bonchev–Trinajstić information content (AvgIpc) is 2.62. The first-order chi connectivity index (χ1) is 10.8. The number of piperidine rings is 1. The molecule has 1 aromatic heterocycles. The van der Waals surface area contributed by atoms with Crippen molar-refractivity contribution >= 4 is 5.91 Å². The molecule has 0 unspecified atom stereocenters. The zero-order chi connectivity index (χ0) is 15.4. The van der Waals surface area contributed by atoms with E-state index in [0.29, 0.717) is 18.0 Å². The number of nitrogens with two attached hydrogens (primary N) is 1. The van der Waals surface area contributed by atoms with Crippen molar-refractivity contribution in [3.8, 4) is 0 Å². The van der Waals surface area contributed by atoms with E-state index in [0.717, 1.165) is 25.9 Å². The molecule has 3 rings (SSSR count). The number of benzene rings is 1. The fourth-order valence-electron chi connectivity index (χ4n) is 3.06. The Kier molecular flexibility index (Phi) is 4.49. The van der Waals surface area contributed by atoms with Gasteiger partial charge in [-0.05, 0) is 42.0 Å². The number of likely N-dealkylation sites (tertiary alicyclic amines) is 1. The summed E-state index contributed by atoms with van der Waals surface area (Å²) in [7, 11) is 0. The molecule has 2 heterocycles. The summed E-state index contributed by atoms with van der Waals surface area (Å²) in [6.45, 7) is 2.17. The second kappa shape index (κ2) is 6.71. The fourth-order valence-corrected chi connectivity index (χ4v) is 3.06. The second-order valence-electron chi connectivity index (χ2n) is 5.76. The van der Waals surface area contributed by atoms with Crippen LogP contribution in [0.2, 0.25) is 0 Å². The van der Waals surface area contributed by atoms with Gasteiger partial charge in [-0.1, -0.05) is 24.3 Å². The Morgan fingerprint density at radius 3 is 2.73 bits per heavy atom. The molecule has 0 spiro atoms. The van der Waals surface area contributed by atoms with Crippen molar-refractivity contribution in [3.05, 3.63) is 65.5 Å². The van der Waals surface area contributed by atoms with Crippen LogP contribution in [0.15, 0.2) is 48.8 Å². The van der Waals surface area contributed by atoms with E-state index in [9.17, 15) is 4.79 Å². The van der Waals surface area contributed by atoms with E-state index < -0.39 is 0 Å². The van der Waals surface area contributed by atoms with Crippen molar-refractivity contribution in [1.82, 2.24) is 9.88 Å². The van der Waals surface area contributed by atoms with Crippen LogP contribution in [0, 0.1) is 0 Å². The molecule has 22 heavy (non-hydrogen) atoms. The van der Waals surface area contributed by atoms with Crippen molar-refractivity contribution in [2.24, 2.45) is 5.73 Å². The van der Waals surface area contributed by atoms with E-state index in [2.05, 4.69) is 29.2 Å². The van der Waals surface area contributed by atoms with E-state index in [-0.39, 0.29) is 5.91 Å². The first-order valence-electron chi connectivity index (χ1n) is 7.76. The second-order valence-corrected chi connectivity index (χ2v) is 5.76. The molecule has 2 N–H and O–H groups in total. The summed E-state index contributed by atoms with van der Waals surface area (Å²) in [5.74, 6) is 0.603. The van der Waals surface area contributed by atoms with Crippen LogP contribution in [0.3, 0.4) is 0 Å². The topological polar surface area (TPSA) is 59.2 Å². The first-order valence-corrected chi connectivity index (χ1v) is 7.76. The van der Waals surface area contributed by atoms with Crippen molar-refractivity contribution in [3.63, 3.8) is 0 Å². The highest BCUT2D eigenvalue weighted by Crippen LogP contribution is 2.29. The number of pyridine rings is 1. The van der Waals surface area contributed by atoms with Crippen LogP contribution in [-0.2, 0) is 6.54 Å². The number of hydrogen-bond acceptors (Lipinski definition) is 3. The van der Waals surface area contributed by atoms with Crippen molar-refractivity contribution < 1.29 is 4.79 Å². The van der Waals surface area contributed by atoms with Gasteiger partial charge in [-0.15, -0.1) is 0 Å². The van der Waals surface area contributed by atoms with Gasteiger partial charge in [0.2, 0.25) is 0 Å². The first kappa shape index (κ1) is 14.7. The number of hydrogen-bond donors (Lipinski definition) is 1. The van der Waals surface area contributed by atoms with Crippen LogP contribution >= 0.6 is 0 Å². The minimum atomic E-state index is 0.0854. The molecule has 4 nitrogen and oxygen atoms in total. The fraction of sp³-hybridized carbons (Fsp3) is 0.333. The van der Waals surface area contributed by atoms with Crippen LogP contribution in [-0.4, -0.2) is 28.9 Å². The highest BCUT2D eigenvalue weighted by Gasteiger charge is 2.24. The number of nitrogens with zero attached hydrogens (tertiary/aromatic N) is 2. The van der Waals surface area contributed by atoms with Gasteiger partial charge in [0, 0.05) is 32.0 Å². The van der Waals surface area contributed by atoms with Gasteiger partial charge in [0.05, 0.1) is 5.56 Å². The molecule has 1 aromatic carbocycles. The minimum Gasteiger partial charge on any atom is -0.339 e. The number of amides is 1. The highest BCUT2D eigenvalue weighted by molar-refractivity contribution is 5.93. The Balaban J connectivity index is 1.64. The van der Waals surface area contributed by atoms with E-state index in [1.54, 1.807) is 18.5 Å². The van der Waals surface area contributed by atoms with Crippen LogP contribution in [0.5, 0.6) is 0 Å². The molecule has 2 aromatic rings. The van der Waals surface area contributed by atoms with Crippen molar-refractivity contribution in [1.29, 1.82) is 0 Å². The summed E-state index contributed by atoms with van der Waals surface area (Å²) in [4.78, 5) is 18.4. The average molecular weight is 295 g/mol. The largest absolute Gasteiger partial charge is 0.339 e. The lowest BCUT2D eigenvalue weighted by molar-refractivity contribution is 0.0712. The Morgan fingerprint density at radius 1 is 1.23 bits per heavy atom. The van der Waals surface area contributed by atoms with E-state index in [4.69, 9.17) is 5.73 Å². The van der Waals surface area contributed by atoms with Gasteiger partial charge in [0.15, 0.2) is 0 Å². The summed E-state index contributed by atoms with van der Waals surface area (Å²) >= 11 is 0. The lowest BCUT2D eigenvalue weighted by Gasteiger charge is -2.32. The molecule has 0 atom stereocenters. The summed E-state index contributed by atoms with van der Waals surface area (Å²) < 4.78 is 0. The predicted molar refractivity (Wildman–Crippen MR) is 86.4 cm³/mol. The molecule has 1 aliphatic rings. The third-order valence-electron chi connectivity index (χ3n) is 4.35. The normalized spacial score (nSPS) is 15.8. The number of carbonyl (C=O) groups excluding carboxylic acids is 1. The lowest BCUT2D eigenvalue weighted by Crippen LogP contribution is -2.37. The van der Waals surface area contributed by atoms with Gasteiger partial charge < -0.3 is 10.6 Å². The molecule has 0 saturated carbocycles. The smallest absolute Gasteiger partial charge is 0.255 e. The summed E-state index contributed by atoms with van der Waals surface area (Å²) in [5.41, 5.74) is 8.90. The molecule has 4 heteroatoms. The van der Waals surface area contributed by atoms with Crippen molar-refractivity contribution in [2.75, 3.05) is 13.1 Å². The van der Waals surface area contributed by atoms with Crippen LogP contribution < -0.4 is 5.73 Å². The molecule has 114 valence electrons. The molecule has 1 saturated heterocycles. The van der Waals surface area contributed by atoms with E-state index in [1.807, 2.05) is 11.0 Å². The zero-order valence-electron chi connectivity index (χ0n) is 12.6. The third-order valence-corrected chi connectivity index (χ3v) is 4.35. The van der Waals surface area contributed by atoms with E-state index in [1.165, 1.54) is 11.1 Å². The molecular formula is C18H21N3O. The van der Waals surface area contributed by atoms with Crippen LogP contribution in [0.4, 0.5) is 0 Å². The maximum atomic E-state index is 12.4. The molecule has 0 bridgehead atoms. The van der Waals surface area contributed by atoms with Crippen LogP contribution in [0.1, 0.15) is 40.2 Å². The highest BCUT2D eigenvalue weighted by atomic mass is 16.2. The molecule has 1 fully saturated rings. The Morgan fingerprint density at radius 2 is 2.05 bits per heavy atom. The van der Waals surface area contributed by atoms with Gasteiger partial charge in [-0.25, -0.2) is 0 Å². The molecule has 1 amide bonds. The summed E-state index contributed by atoms with van der Waals surface area (Å²) in [6.07, 6.45) is 5.33. The number of aromatic nitrogens is 1. The van der Waals surface area contributed by atoms with Crippen molar-refractivity contribution in [2.45, 2.75) is 25.3 Å². The maximum absolute atomic E-state index is 12.4. The third kappa shape index (κ3) is 3.17. The van der Waals surface area contributed by atoms with Gasteiger partial charge in [0.25, 0.3) is 5.91 Å². The van der Waals surface area contributed by atoms with Crippen LogP contribution in [0.25, 0.3) is 0 Å². The summed E-state index contributed by atoms with van der Waals surface area (Å²) in [6, 6.07) is 12.1. The number of rotatable bonds is 3. The molecule has 1 aliphatic heterocycles. The monoisotopic (exact) mass is 295 g/mol. The standard InChI is InChI=1S/C18H21N3O/c19-12-14-3-1-4-16(11-14)15-6-9-21(10-7-15)18(22)17-5-2-8-20-13-17/h1-5,8,11,13,15H,6-7,9-10,12,19H2. The maximum Gasteiger partial charge on any atom is 0.255 e. The Hall–Kier alpha value is -2.20. The lowest BCUT2D eigenvalue weighted by atomic mass is 9.88. The molecule has 0 aliphatic carbocycles. The molecule has 0 radical (unpaired) electrons. The number of carbonyl (C=O) groups is 1. The van der Waals surface area contributed by atoms with Gasteiger partial charge in [-0.2, -0.15) is 0 Å². The Labute approximate surface area is 131 Å². The minimum absolute atomic E-state index is 0.0854. The van der Waals surface area contributed by atoms with E-state index >= 15 is 0 Å². The quantitative estimate of drug-likeness (QED) is 0.946. The zero-order valence-corrected chi connectivity index (χ0v) is 12.6. The Bertz CT molecular complexity index is 634. The SMILES string of the molecule is NCc1cccc(C2CCN(C(=O)c3cccnc3)CC2)c1. The van der Waals surface area contributed by atoms with Gasteiger partial charge in [0.1, 0.15) is 0 Å².